The summed E-state index contributed by atoms with van der Waals surface area (Å²) in [7, 11) is 1.35. The van der Waals surface area contributed by atoms with Gasteiger partial charge in [0.2, 0.25) is 0 Å². The topological polar surface area (TPSA) is 57.2 Å². The maximum absolute atomic E-state index is 11.3. The van der Waals surface area contributed by atoms with Crippen LogP contribution in [0.5, 0.6) is 0 Å². The van der Waals surface area contributed by atoms with Crippen molar-refractivity contribution in [3.05, 3.63) is 30.6 Å². The van der Waals surface area contributed by atoms with Gasteiger partial charge in [0, 0.05) is 12.7 Å². The lowest BCUT2D eigenvalue weighted by Gasteiger charge is -2.04. The number of esters is 1. The average molecular weight is 194 g/mol. The molecule has 0 saturated carbocycles. The van der Waals surface area contributed by atoms with E-state index < -0.39 is 0 Å². The van der Waals surface area contributed by atoms with Gasteiger partial charge in [-0.3, -0.25) is 0 Å². The molecule has 0 saturated heterocycles. The van der Waals surface area contributed by atoms with Crippen molar-refractivity contribution in [3.63, 3.8) is 0 Å². The number of aryl methyl sites for hydroxylation is 1. The van der Waals surface area contributed by atoms with E-state index in [0.717, 1.165) is 6.42 Å². The highest BCUT2D eigenvalue weighted by molar-refractivity contribution is 5.88. The van der Waals surface area contributed by atoms with Crippen molar-refractivity contribution in [1.82, 2.24) is 4.57 Å². The van der Waals surface area contributed by atoms with E-state index >= 15 is 0 Å². The summed E-state index contributed by atoms with van der Waals surface area (Å²) in [6, 6.07) is 1.61. The Hall–Kier alpha value is -1.71. The number of nitrogens with two attached hydrogens (primary N) is 1. The van der Waals surface area contributed by atoms with Gasteiger partial charge in [-0.15, -0.1) is 6.58 Å². The standard InChI is InChI=1S/C10H14N2O2/c1-3-4-5-12-7-8(11)6-9(12)10(13)14-2/h3,6-7H,1,4-5,11H2,2H3. The summed E-state index contributed by atoms with van der Waals surface area (Å²) in [5.41, 5.74) is 6.63. The highest BCUT2D eigenvalue weighted by Crippen LogP contribution is 2.12. The molecule has 0 spiro atoms. The van der Waals surface area contributed by atoms with Crippen molar-refractivity contribution in [3.8, 4) is 0 Å². The van der Waals surface area contributed by atoms with E-state index in [1.54, 1.807) is 22.9 Å². The maximum Gasteiger partial charge on any atom is 0.354 e. The molecule has 1 heterocycles. The SMILES string of the molecule is C=CCCn1cc(N)cc1C(=O)OC. The second-order valence-electron chi connectivity index (χ2n) is 2.92. The molecule has 0 unspecified atom stereocenters. The molecule has 0 aliphatic rings. The van der Waals surface area contributed by atoms with Gasteiger partial charge in [0.15, 0.2) is 0 Å². The first-order valence-corrected chi connectivity index (χ1v) is 4.34. The summed E-state index contributed by atoms with van der Waals surface area (Å²) < 4.78 is 6.40. The minimum absolute atomic E-state index is 0.370. The quantitative estimate of drug-likeness (QED) is 0.582. The summed E-state index contributed by atoms with van der Waals surface area (Å²) in [4.78, 5) is 11.3. The highest BCUT2D eigenvalue weighted by atomic mass is 16.5. The Bertz CT molecular complexity index is 342. The first-order chi connectivity index (χ1) is 6.69. The van der Waals surface area contributed by atoms with Crippen LogP contribution in [-0.2, 0) is 11.3 Å². The number of methoxy groups -OCH3 is 1. The summed E-state index contributed by atoms with van der Waals surface area (Å²) >= 11 is 0. The van der Waals surface area contributed by atoms with Crippen molar-refractivity contribution < 1.29 is 9.53 Å². The first-order valence-electron chi connectivity index (χ1n) is 4.34. The van der Waals surface area contributed by atoms with Gasteiger partial charge in [-0.2, -0.15) is 0 Å². The normalized spacial score (nSPS) is 9.79. The van der Waals surface area contributed by atoms with Gasteiger partial charge in [-0.1, -0.05) is 6.08 Å². The van der Waals surface area contributed by atoms with Crippen LogP contribution in [0.25, 0.3) is 0 Å². The molecule has 0 aliphatic heterocycles. The van der Waals surface area contributed by atoms with Gasteiger partial charge in [-0.05, 0) is 12.5 Å². The molecule has 0 aliphatic carbocycles. The lowest BCUT2D eigenvalue weighted by Crippen LogP contribution is -2.09. The molecule has 1 rings (SSSR count). The zero-order chi connectivity index (χ0) is 10.6. The Morgan fingerprint density at radius 1 is 1.79 bits per heavy atom. The smallest absolute Gasteiger partial charge is 0.354 e. The third-order valence-corrected chi connectivity index (χ3v) is 1.89. The van der Waals surface area contributed by atoms with Gasteiger partial charge < -0.3 is 15.0 Å². The molecule has 0 amide bonds. The van der Waals surface area contributed by atoms with Crippen LogP contribution in [0, 0.1) is 0 Å². The molecule has 76 valence electrons. The fraction of sp³-hybridized carbons (Fsp3) is 0.300. The van der Waals surface area contributed by atoms with E-state index in [1.807, 2.05) is 0 Å². The van der Waals surface area contributed by atoms with Crippen LogP contribution in [0.2, 0.25) is 0 Å². The van der Waals surface area contributed by atoms with E-state index in [0.29, 0.717) is 17.9 Å². The zero-order valence-electron chi connectivity index (χ0n) is 8.19. The Morgan fingerprint density at radius 3 is 3.07 bits per heavy atom. The minimum Gasteiger partial charge on any atom is -0.464 e. The number of rotatable bonds is 4. The zero-order valence-corrected chi connectivity index (χ0v) is 8.19. The van der Waals surface area contributed by atoms with Crippen LogP contribution >= 0.6 is 0 Å². The number of ether oxygens (including phenoxy) is 1. The van der Waals surface area contributed by atoms with Gasteiger partial charge >= 0.3 is 5.97 Å². The molecule has 0 bridgehead atoms. The second kappa shape index (κ2) is 4.50. The summed E-state index contributed by atoms with van der Waals surface area (Å²) in [6.07, 6.45) is 4.30. The van der Waals surface area contributed by atoms with Crippen molar-refractivity contribution in [1.29, 1.82) is 0 Å². The first kappa shape index (κ1) is 10.4. The Labute approximate surface area is 83.0 Å². The third kappa shape index (κ3) is 2.16. The number of aromatic nitrogens is 1. The number of hydrogen-bond donors (Lipinski definition) is 1. The van der Waals surface area contributed by atoms with E-state index in [4.69, 9.17) is 5.73 Å². The lowest BCUT2D eigenvalue weighted by molar-refractivity contribution is 0.0588. The van der Waals surface area contributed by atoms with Gasteiger partial charge in [0.25, 0.3) is 0 Å². The number of carbonyl (C=O) groups is 1. The predicted octanol–water partition coefficient (Wildman–Crippen LogP) is 1.43. The van der Waals surface area contributed by atoms with Gasteiger partial charge in [-0.25, -0.2) is 4.79 Å². The molecule has 2 N–H and O–H groups in total. The van der Waals surface area contributed by atoms with E-state index in [2.05, 4.69) is 11.3 Å². The van der Waals surface area contributed by atoms with Crippen molar-refractivity contribution in [2.45, 2.75) is 13.0 Å². The third-order valence-electron chi connectivity index (χ3n) is 1.89. The van der Waals surface area contributed by atoms with Crippen LogP contribution < -0.4 is 5.73 Å². The minimum atomic E-state index is -0.370. The van der Waals surface area contributed by atoms with Crippen LogP contribution in [0.15, 0.2) is 24.9 Å². The maximum atomic E-state index is 11.3. The second-order valence-corrected chi connectivity index (χ2v) is 2.92. The molecular formula is C10H14N2O2. The number of anilines is 1. The Kier molecular flexibility index (Phi) is 3.34. The fourth-order valence-corrected chi connectivity index (χ4v) is 1.22. The molecule has 14 heavy (non-hydrogen) atoms. The monoisotopic (exact) mass is 194 g/mol. The van der Waals surface area contributed by atoms with Crippen LogP contribution in [-0.4, -0.2) is 17.6 Å². The highest BCUT2D eigenvalue weighted by Gasteiger charge is 2.12. The molecule has 0 fully saturated rings. The van der Waals surface area contributed by atoms with Crippen LogP contribution in [0.1, 0.15) is 16.9 Å². The summed E-state index contributed by atoms with van der Waals surface area (Å²) in [5, 5.41) is 0. The largest absolute Gasteiger partial charge is 0.464 e. The molecule has 0 aromatic carbocycles. The van der Waals surface area contributed by atoms with Crippen molar-refractivity contribution in [2.24, 2.45) is 0 Å². The molecule has 0 atom stereocenters. The Morgan fingerprint density at radius 2 is 2.50 bits per heavy atom. The van der Waals surface area contributed by atoms with E-state index in [1.165, 1.54) is 7.11 Å². The fourth-order valence-electron chi connectivity index (χ4n) is 1.22. The Balaban J connectivity index is 2.90. The van der Waals surface area contributed by atoms with Gasteiger partial charge in [0.1, 0.15) is 5.69 Å². The summed E-state index contributed by atoms with van der Waals surface area (Å²) in [5.74, 6) is -0.370. The number of hydrogen-bond acceptors (Lipinski definition) is 3. The van der Waals surface area contributed by atoms with Crippen molar-refractivity contribution >= 4 is 11.7 Å². The predicted molar refractivity (Wildman–Crippen MR) is 55.0 cm³/mol. The molecule has 1 aromatic rings. The van der Waals surface area contributed by atoms with E-state index in [-0.39, 0.29) is 5.97 Å². The van der Waals surface area contributed by atoms with Crippen LogP contribution in [0.4, 0.5) is 5.69 Å². The van der Waals surface area contributed by atoms with Gasteiger partial charge in [0.05, 0.1) is 12.8 Å². The van der Waals surface area contributed by atoms with Crippen molar-refractivity contribution in [2.75, 3.05) is 12.8 Å². The van der Waals surface area contributed by atoms with Crippen LogP contribution in [0.3, 0.4) is 0 Å². The molecule has 4 heteroatoms. The number of carbonyl (C=O) groups excluding carboxylic acids is 1. The number of nitrogen functional groups attached to an aromatic ring is 1. The molecule has 1 aromatic heterocycles. The molecule has 4 nitrogen and oxygen atoms in total. The van der Waals surface area contributed by atoms with E-state index in [9.17, 15) is 4.79 Å². The lowest BCUT2D eigenvalue weighted by atomic mass is 10.4. The average Bonchev–Trinajstić information content (AvgIpc) is 2.55. The number of allylic oxidation sites excluding steroid dienone is 1. The summed E-state index contributed by atoms with van der Waals surface area (Å²) in [6.45, 7) is 4.30. The molecular weight excluding hydrogens is 180 g/mol. The number of nitrogens with zero attached hydrogens (tertiary/aromatic N) is 1. The molecule has 0 radical (unpaired) electrons.